The van der Waals surface area contributed by atoms with E-state index >= 15 is 0 Å². The van der Waals surface area contributed by atoms with Gasteiger partial charge in [0.1, 0.15) is 5.70 Å². The third-order valence-corrected chi connectivity index (χ3v) is 5.43. The molecule has 1 aromatic rings. The van der Waals surface area contributed by atoms with Crippen molar-refractivity contribution in [1.82, 2.24) is 9.80 Å². The monoisotopic (exact) mass is 400 g/mol. The first-order valence-electron chi connectivity index (χ1n) is 10.6. The van der Waals surface area contributed by atoms with E-state index in [4.69, 9.17) is 9.47 Å². The molecule has 0 bridgehead atoms. The van der Waals surface area contributed by atoms with Crippen molar-refractivity contribution >= 4 is 17.4 Å². The number of hydrogen-bond donors (Lipinski definition) is 0. The van der Waals surface area contributed by atoms with Gasteiger partial charge in [0, 0.05) is 32.8 Å². The molecule has 0 N–H and O–H groups in total. The second-order valence-corrected chi connectivity index (χ2v) is 7.72. The lowest BCUT2D eigenvalue weighted by molar-refractivity contribution is -0.138. The van der Waals surface area contributed by atoms with Crippen molar-refractivity contribution in [2.24, 2.45) is 0 Å². The summed E-state index contributed by atoms with van der Waals surface area (Å²) in [5.74, 6) is -0.391. The molecule has 1 fully saturated rings. The van der Waals surface area contributed by atoms with Gasteiger partial charge in [-0.2, -0.15) is 0 Å². The highest BCUT2D eigenvalue weighted by molar-refractivity contribution is 6.35. The summed E-state index contributed by atoms with van der Waals surface area (Å²) in [5, 5.41) is 0. The Morgan fingerprint density at radius 3 is 2.45 bits per heavy atom. The minimum atomic E-state index is -0.197. The number of benzene rings is 1. The molecule has 0 atom stereocenters. The number of ether oxygens (including phenoxy) is 2. The van der Waals surface area contributed by atoms with Gasteiger partial charge in [0.25, 0.3) is 11.8 Å². The number of rotatable bonds is 9. The van der Waals surface area contributed by atoms with Crippen molar-refractivity contribution in [2.45, 2.75) is 40.0 Å². The first-order valence-corrected chi connectivity index (χ1v) is 10.6. The van der Waals surface area contributed by atoms with Crippen LogP contribution in [0.15, 0.2) is 23.9 Å². The van der Waals surface area contributed by atoms with Gasteiger partial charge in [0.05, 0.1) is 18.8 Å². The van der Waals surface area contributed by atoms with Crippen molar-refractivity contribution < 1.29 is 19.1 Å². The third kappa shape index (κ3) is 4.87. The second kappa shape index (κ2) is 10.0. The van der Waals surface area contributed by atoms with Crippen LogP contribution in [0.5, 0.6) is 0 Å². The molecule has 0 unspecified atom stereocenters. The van der Waals surface area contributed by atoms with E-state index in [1.54, 1.807) is 0 Å². The summed E-state index contributed by atoms with van der Waals surface area (Å²) in [6.45, 7) is 10.2. The van der Waals surface area contributed by atoms with Crippen LogP contribution in [0.4, 0.5) is 0 Å². The van der Waals surface area contributed by atoms with Crippen LogP contribution in [0.1, 0.15) is 42.9 Å². The molecule has 2 aliphatic heterocycles. The molecule has 2 aliphatic rings. The quantitative estimate of drug-likeness (QED) is 0.471. The molecule has 6 nitrogen and oxygen atoms in total. The highest BCUT2D eigenvalue weighted by Crippen LogP contribution is 2.34. The standard InChI is InChI=1S/C23H32N2O4/c1-4-5-12-28-13-6-9-25-22(26)20(19-8-7-17(2)16-18(19)3)21(23(25)27)24-10-14-29-15-11-24/h7-8,16H,4-6,9-15H2,1-3H3. The number of amides is 2. The van der Waals surface area contributed by atoms with E-state index in [-0.39, 0.29) is 11.8 Å². The molecule has 0 aromatic heterocycles. The minimum Gasteiger partial charge on any atom is -0.381 e. The molecule has 0 spiro atoms. The second-order valence-electron chi connectivity index (χ2n) is 7.72. The van der Waals surface area contributed by atoms with Crippen LogP contribution < -0.4 is 0 Å². The average Bonchev–Trinajstić information content (AvgIpc) is 2.95. The number of morpholine rings is 1. The Hall–Kier alpha value is -2.18. The molecule has 1 saturated heterocycles. The lowest BCUT2D eigenvalue weighted by Crippen LogP contribution is -2.40. The third-order valence-electron chi connectivity index (χ3n) is 5.43. The largest absolute Gasteiger partial charge is 0.381 e. The molecule has 29 heavy (non-hydrogen) atoms. The summed E-state index contributed by atoms with van der Waals surface area (Å²) in [6, 6.07) is 6.01. The molecule has 0 saturated carbocycles. The zero-order valence-electron chi connectivity index (χ0n) is 17.8. The maximum Gasteiger partial charge on any atom is 0.277 e. The predicted molar refractivity (Wildman–Crippen MR) is 112 cm³/mol. The Balaban J connectivity index is 1.83. The van der Waals surface area contributed by atoms with Crippen molar-refractivity contribution in [3.8, 4) is 0 Å². The zero-order chi connectivity index (χ0) is 20.8. The Labute approximate surface area is 173 Å². The first kappa shape index (κ1) is 21.5. The summed E-state index contributed by atoms with van der Waals surface area (Å²) < 4.78 is 11.1. The van der Waals surface area contributed by atoms with Gasteiger partial charge in [-0.3, -0.25) is 14.5 Å². The van der Waals surface area contributed by atoms with Crippen molar-refractivity contribution in [1.29, 1.82) is 0 Å². The first-order chi connectivity index (χ1) is 14.0. The summed E-state index contributed by atoms with van der Waals surface area (Å²) >= 11 is 0. The lowest BCUT2D eigenvalue weighted by atomic mass is 9.97. The number of nitrogens with zero attached hydrogens (tertiary/aromatic N) is 2. The molecule has 2 amide bonds. The summed E-state index contributed by atoms with van der Waals surface area (Å²) in [7, 11) is 0. The van der Waals surface area contributed by atoms with Gasteiger partial charge in [-0.15, -0.1) is 0 Å². The molecular formula is C23H32N2O4. The van der Waals surface area contributed by atoms with Gasteiger partial charge in [-0.05, 0) is 37.8 Å². The van der Waals surface area contributed by atoms with E-state index < -0.39 is 0 Å². The fourth-order valence-electron chi connectivity index (χ4n) is 3.86. The van der Waals surface area contributed by atoms with Crippen LogP contribution in [-0.4, -0.2) is 67.7 Å². The number of aryl methyl sites for hydroxylation is 2. The van der Waals surface area contributed by atoms with Gasteiger partial charge >= 0.3 is 0 Å². The highest BCUT2D eigenvalue weighted by atomic mass is 16.5. The Kier molecular flexibility index (Phi) is 7.45. The fourth-order valence-corrected chi connectivity index (χ4v) is 3.86. The van der Waals surface area contributed by atoms with Crippen LogP contribution in [0.25, 0.3) is 5.57 Å². The van der Waals surface area contributed by atoms with Crippen LogP contribution in [0.3, 0.4) is 0 Å². The SMILES string of the molecule is CCCCOCCCN1C(=O)C(c2ccc(C)cc2C)=C(N2CCOCC2)C1=O. The maximum absolute atomic E-state index is 13.3. The molecule has 0 radical (unpaired) electrons. The van der Waals surface area contributed by atoms with Gasteiger partial charge in [0.15, 0.2) is 0 Å². The van der Waals surface area contributed by atoms with Crippen LogP contribution >= 0.6 is 0 Å². The van der Waals surface area contributed by atoms with Gasteiger partial charge in [-0.25, -0.2) is 0 Å². The van der Waals surface area contributed by atoms with E-state index in [2.05, 4.69) is 13.0 Å². The van der Waals surface area contributed by atoms with Crippen LogP contribution in [0.2, 0.25) is 0 Å². The van der Waals surface area contributed by atoms with Crippen LogP contribution in [-0.2, 0) is 19.1 Å². The van der Waals surface area contributed by atoms with Crippen molar-refractivity contribution in [2.75, 3.05) is 46.1 Å². The fraction of sp³-hybridized carbons (Fsp3) is 0.565. The Bertz CT molecular complexity index is 781. The Morgan fingerprint density at radius 1 is 1.03 bits per heavy atom. The van der Waals surface area contributed by atoms with Crippen molar-refractivity contribution in [3.05, 3.63) is 40.6 Å². The molecule has 0 aliphatic carbocycles. The van der Waals surface area contributed by atoms with E-state index in [1.807, 2.05) is 30.9 Å². The van der Waals surface area contributed by atoms with Crippen molar-refractivity contribution in [3.63, 3.8) is 0 Å². The van der Waals surface area contributed by atoms with Gasteiger partial charge in [0.2, 0.25) is 0 Å². The minimum absolute atomic E-state index is 0.194. The number of carbonyl (C=O) groups excluding carboxylic acids is 2. The lowest BCUT2D eigenvalue weighted by Gasteiger charge is -2.29. The van der Waals surface area contributed by atoms with E-state index in [9.17, 15) is 9.59 Å². The molecule has 158 valence electrons. The van der Waals surface area contributed by atoms with E-state index in [1.165, 1.54) is 4.90 Å². The van der Waals surface area contributed by atoms with Gasteiger partial charge in [-0.1, -0.05) is 37.1 Å². The number of imide groups is 1. The summed E-state index contributed by atoms with van der Waals surface area (Å²) in [5.41, 5.74) is 4.05. The predicted octanol–water partition coefficient (Wildman–Crippen LogP) is 2.92. The molecular weight excluding hydrogens is 368 g/mol. The normalized spacial score (nSPS) is 17.6. The Morgan fingerprint density at radius 2 is 1.76 bits per heavy atom. The highest BCUT2D eigenvalue weighted by Gasteiger charge is 2.41. The number of unbranched alkanes of at least 4 members (excludes halogenated alkanes) is 1. The summed E-state index contributed by atoms with van der Waals surface area (Å²) in [6.07, 6.45) is 2.77. The average molecular weight is 401 g/mol. The summed E-state index contributed by atoms with van der Waals surface area (Å²) in [4.78, 5) is 30.0. The van der Waals surface area contributed by atoms with Gasteiger partial charge < -0.3 is 14.4 Å². The molecule has 1 aromatic carbocycles. The number of hydrogen-bond acceptors (Lipinski definition) is 5. The topological polar surface area (TPSA) is 59.1 Å². The van der Waals surface area contributed by atoms with E-state index in [0.717, 1.165) is 36.1 Å². The maximum atomic E-state index is 13.3. The van der Waals surface area contributed by atoms with Crippen LogP contribution in [0, 0.1) is 13.8 Å². The smallest absolute Gasteiger partial charge is 0.277 e. The zero-order valence-corrected chi connectivity index (χ0v) is 17.8. The van der Waals surface area contributed by atoms with E-state index in [0.29, 0.717) is 57.1 Å². The number of carbonyl (C=O) groups is 2. The molecule has 2 heterocycles. The molecule has 6 heteroatoms. The molecule has 3 rings (SSSR count).